The molecule has 2 rings (SSSR count). The molecule has 0 bridgehead atoms. The highest BCUT2D eigenvalue weighted by molar-refractivity contribution is 9.10. The Hall–Kier alpha value is -1.36. The average Bonchev–Trinajstić information content (AvgIpc) is 2.48. The normalized spacial score (nSPS) is 15.3. The molecule has 4 nitrogen and oxygen atoms in total. The lowest BCUT2D eigenvalue weighted by molar-refractivity contribution is -0.133. The van der Waals surface area contributed by atoms with Crippen LogP contribution in [0.4, 0.5) is 0 Å². The van der Waals surface area contributed by atoms with Gasteiger partial charge in [0.15, 0.2) is 0 Å². The molecule has 120 valence electrons. The van der Waals surface area contributed by atoms with Gasteiger partial charge < -0.3 is 9.80 Å². The predicted molar refractivity (Wildman–Crippen MR) is 90.8 cm³/mol. The number of amides is 2. The Morgan fingerprint density at radius 3 is 2.32 bits per heavy atom. The van der Waals surface area contributed by atoms with Gasteiger partial charge in [0.1, 0.15) is 0 Å². The Labute approximate surface area is 140 Å². The molecular formula is C17H23BrN2O2. The van der Waals surface area contributed by atoms with Crippen LogP contribution in [0, 0.1) is 12.8 Å². The SMILES string of the molecule is Cc1ccc(Br)cc1C(=O)N1CCN(C(=O)CC(C)C)CC1. The van der Waals surface area contributed by atoms with Crippen molar-refractivity contribution in [3.63, 3.8) is 0 Å². The Kier molecular flexibility index (Phi) is 5.62. The molecule has 5 heteroatoms. The molecule has 0 N–H and O–H groups in total. The summed E-state index contributed by atoms with van der Waals surface area (Å²) in [6.45, 7) is 8.52. The van der Waals surface area contributed by atoms with Gasteiger partial charge in [0.25, 0.3) is 5.91 Å². The Morgan fingerprint density at radius 2 is 1.73 bits per heavy atom. The summed E-state index contributed by atoms with van der Waals surface area (Å²) in [6.07, 6.45) is 0.582. The number of piperazine rings is 1. The van der Waals surface area contributed by atoms with E-state index in [1.807, 2.05) is 48.8 Å². The van der Waals surface area contributed by atoms with E-state index in [1.165, 1.54) is 0 Å². The van der Waals surface area contributed by atoms with Gasteiger partial charge in [-0.2, -0.15) is 0 Å². The molecule has 1 aliphatic heterocycles. The quantitative estimate of drug-likeness (QED) is 0.824. The van der Waals surface area contributed by atoms with E-state index >= 15 is 0 Å². The van der Waals surface area contributed by atoms with Crippen LogP contribution in [-0.4, -0.2) is 47.8 Å². The topological polar surface area (TPSA) is 40.6 Å². The first-order valence-corrected chi connectivity index (χ1v) is 8.51. The van der Waals surface area contributed by atoms with Crippen molar-refractivity contribution < 1.29 is 9.59 Å². The first kappa shape index (κ1) is 17.0. The van der Waals surface area contributed by atoms with Gasteiger partial charge in [-0.05, 0) is 30.5 Å². The van der Waals surface area contributed by atoms with E-state index in [1.54, 1.807) is 0 Å². The predicted octanol–water partition coefficient (Wildman–Crippen LogP) is 3.09. The molecule has 0 saturated carbocycles. The minimum Gasteiger partial charge on any atom is -0.339 e. The van der Waals surface area contributed by atoms with Gasteiger partial charge in [-0.3, -0.25) is 9.59 Å². The molecule has 0 spiro atoms. The average molecular weight is 367 g/mol. The van der Waals surface area contributed by atoms with Crippen LogP contribution in [0.25, 0.3) is 0 Å². The van der Waals surface area contributed by atoms with E-state index in [4.69, 9.17) is 0 Å². The van der Waals surface area contributed by atoms with E-state index in [2.05, 4.69) is 15.9 Å². The summed E-state index contributed by atoms with van der Waals surface area (Å²) in [6, 6.07) is 5.75. The van der Waals surface area contributed by atoms with Crippen LogP contribution < -0.4 is 0 Å². The zero-order valence-corrected chi connectivity index (χ0v) is 15.0. The van der Waals surface area contributed by atoms with Crippen LogP contribution in [0.3, 0.4) is 0 Å². The summed E-state index contributed by atoms with van der Waals surface area (Å²) in [5.41, 5.74) is 1.71. The molecule has 0 aliphatic carbocycles. The number of carbonyl (C=O) groups excluding carboxylic acids is 2. The summed E-state index contributed by atoms with van der Waals surface area (Å²) < 4.78 is 0.909. The minimum atomic E-state index is 0.0507. The second kappa shape index (κ2) is 7.27. The molecule has 22 heavy (non-hydrogen) atoms. The Balaban J connectivity index is 1.98. The van der Waals surface area contributed by atoms with Crippen LogP contribution in [0.1, 0.15) is 36.2 Å². The number of hydrogen-bond donors (Lipinski definition) is 0. The molecular weight excluding hydrogens is 344 g/mol. The molecule has 0 radical (unpaired) electrons. The molecule has 0 aromatic heterocycles. The van der Waals surface area contributed by atoms with Crippen LogP contribution in [0.2, 0.25) is 0 Å². The molecule has 1 aromatic rings. The van der Waals surface area contributed by atoms with Crippen molar-refractivity contribution in [1.82, 2.24) is 9.80 Å². The lowest BCUT2D eigenvalue weighted by atomic mass is 10.1. The third kappa shape index (κ3) is 4.09. The largest absolute Gasteiger partial charge is 0.339 e. The monoisotopic (exact) mass is 366 g/mol. The van der Waals surface area contributed by atoms with Crippen molar-refractivity contribution in [3.05, 3.63) is 33.8 Å². The van der Waals surface area contributed by atoms with Crippen molar-refractivity contribution in [2.75, 3.05) is 26.2 Å². The number of benzene rings is 1. The molecule has 1 fully saturated rings. The van der Waals surface area contributed by atoms with Gasteiger partial charge in [0.05, 0.1) is 0 Å². The lowest BCUT2D eigenvalue weighted by Gasteiger charge is -2.35. The maximum atomic E-state index is 12.6. The van der Waals surface area contributed by atoms with Crippen LogP contribution in [0.5, 0.6) is 0 Å². The summed E-state index contributed by atoms with van der Waals surface area (Å²) in [5.74, 6) is 0.618. The minimum absolute atomic E-state index is 0.0507. The Bertz CT molecular complexity index is 564. The van der Waals surface area contributed by atoms with Gasteiger partial charge in [-0.15, -0.1) is 0 Å². The van der Waals surface area contributed by atoms with Gasteiger partial charge in [-0.1, -0.05) is 35.8 Å². The first-order valence-electron chi connectivity index (χ1n) is 7.71. The van der Waals surface area contributed by atoms with Crippen molar-refractivity contribution in [3.8, 4) is 0 Å². The summed E-state index contributed by atoms with van der Waals surface area (Å²) in [4.78, 5) is 28.4. The molecule has 0 unspecified atom stereocenters. The van der Waals surface area contributed by atoms with E-state index in [0.29, 0.717) is 38.5 Å². The number of carbonyl (C=O) groups is 2. The maximum absolute atomic E-state index is 12.6. The fourth-order valence-electron chi connectivity index (χ4n) is 2.63. The van der Waals surface area contributed by atoms with Crippen molar-refractivity contribution in [2.24, 2.45) is 5.92 Å². The molecule has 1 aromatic carbocycles. The summed E-state index contributed by atoms with van der Waals surface area (Å²) in [5, 5.41) is 0. The highest BCUT2D eigenvalue weighted by Gasteiger charge is 2.25. The second-order valence-electron chi connectivity index (χ2n) is 6.23. The number of hydrogen-bond acceptors (Lipinski definition) is 2. The lowest BCUT2D eigenvalue weighted by Crippen LogP contribution is -2.50. The van der Waals surface area contributed by atoms with Crippen LogP contribution >= 0.6 is 15.9 Å². The number of halogens is 1. The zero-order valence-electron chi connectivity index (χ0n) is 13.4. The number of aryl methyl sites for hydroxylation is 1. The fraction of sp³-hybridized carbons (Fsp3) is 0.529. The number of rotatable bonds is 3. The molecule has 2 amide bonds. The zero-order chi connectivity index (χ0) is 16.3. The summed E-state index contributed by atoms with van der Waals surface area (Å²) in [7, 11) is 0. The third-order valence-corrected chi connectivity index (χ3v) is 4.43. The molecule has 0 atom stereocenters. The van der Waals surface area contributed by atoms with Gasteiger partial charge >= 0.3 is 0 Å². The van der Waals surface area contributed by atoms with Crippen molar-refractivity contribution in [2.45, 2.75) is 27.2 Å². The molecule has 1 heterocycles. The molecule has 1 aliphatic rings. The molecule has 1 saturated heterocycles. The van der Waals surface area contributed by atoms with Crippen molar-refractivity contribution in [1.29, 1.82) is 0 Å². The van der Waals surface area contributed by atoms with E-state index < -0.39 is 0 Å². The van der Waals surface area contributed by atoms with E-state index in [0.717, 1.165) is 15.6 Å². The van der Waals surface area contributed by atoms with E-state index in [9.17, 15) is 9.59 Å². The van der Waals surface area contributed by atoms with Crippen molar-refractivity contribution >= 4 is 27.7 Å². The van der Waals surface area contributed by atoms with Gasteiger partial charge in [0.2, 0.25) is 5.91 Å². The van der Waals surface area contributed by atoms with Crippen LogP contribution in [0.15, 0.2) is 22.7 Å². The Morgan fingerprint density at radius 1 is 1.14 bits per heavy atom. The maximum Gasteiger partial charge on any atom is 0.254 e. The second-order valence-corrected chi connectivity index (χ2v) is 7.15. The van der Waals surface area contributed by atoms with E-state index in [-0.39, 0.29) is 11.8 Å². The first-order chi connectivity index (χ1) is 10.4. The highest BCUT2D eigenvalue weighted by atomic mass is 79.9. The standard InChI is InChI=1S/C17H23BrN2O2/c1-12(2)10-16(21)19-6-8-20(9-7-19)17(22)15-11-14(18)5-4-13(15)3/h4-5,11-12H,6-10H2,1-3H3. The fourth-order valence-corrected chi connectivity index (χ4v) is 2.99. The smallest absolute Gasteiger partial charge is 0.254 e. The van der Waals surface area contributed by atoms with Gasteiger partial charge in [-0.25, -0.2) is 0 Å². The summed E-state index contributed by atoms with van der Waals surface area (Å²) >= 11 is 3.42. The van der Waals surface area contributed by atoms with Crippen LogP contribution in [-0.2, 0) is 4.79 Å². The van der Waals surface area contributed by atoms with Gasteiger partial charge in [0, 0.05) is 42.6 Å². The number of nitrogens with zero attached hydrogens (tertiary/aromatic N) is 2. The highest BCUT2D eigenvalue weighted by Crippen LogP contribution is 2.19. The third-order valence-electron chi connectivity index (χ3n) is 3.93.